The van der Waals surface area contributed by atoms with Crippen LogP contribution in [0.2, 0.25) is 0 Å². The number of carbonyl (C=O) groups excluding carboxylic acids is 2. The lowest BCUT2D eigenvalue weighted by Crippen LogP contribution is -2.36. The third-order valence-corrected chi connectivity index (χ3v) is 4.09. The van der Waals surface area contributed by atoms with Gasteiger partial charge >= 0.3 is 5.97 Å². The van der Waals surface area contributed by atoms with Crippen LogP contribution in [-0.4, -0.2) is 39.3 Å². The summed E-state index contributed by atoms with van der Waals surface area (Å²) >= 11 is 0. The minimum absolute atomic E-state index is 0.116. The van der Waals surface area contributed by atoms with Gasteiger partial charge in [0.05, 0.1) is 17.1 Å². The molecule has 0 radical (unpaired) electrons. The molecule has 7 heteroatoms. The Bertz CT molecular complexity index is 795. The number of aromatic nitrogens is 3. The minimum atomic E-state index is -0.861. The monoisotopic (exact) mass is 360 g/mol. The molecular weight excluding hydrogens is 332 g/mol. The summed E-state index contributed by atoms with van der Waals surface area (Å²) in [5, 5.41) is 7.72. The molecule has 2 rings (SSSR count). The molecular formula is C19H28N4O3. The summed E-state index contributed by atoms with van der Waals surface area (Å²) in [5.41, 5.74) is 1.83. The van der Waals surface area contributed by atoms with Gasteiger partial charge in [-0.2, -0.15) is 5.10 Å². The summed E-state index contributed by atoms with van der Waals surface area (Å²) in [5.74, 6) is -0.694. The molecule has 2 heterocycles. The van der Waals surface area contributed by atoms with E-state index in [9.17, 15) is 9.59 Å². The van der Waals surface area contributed by atoms with Crippen LogP contribution in [0.1, 0.15) is 76.0 Å². The number of carbonyl (C=O) groups is 2. The summed E-state index contributed by atoms with van der Waals surface area (Å²) in [6, 6.07) is 1.85. The van der Waals surface area contributed by atoms with Crippen LogP contribution in [0.5, 0.6) is 0 Å². The predicted octanol–water partition coefficient (Wildman–Crippen LogP) is 3.21. The maximum atomic E-state index is 12.7. The summed E-state index contributed by atoms with van der Waals surface area (Å²) in [7, 11) is 0. The van der Waals surface area contributed by atoms with Gasteiger partial charge in [-0.3, -0.25) is 4.79 Å². The Labute approximate surface area is 154 Å². The quantitative estimate of drug-likeness (QED) is 0.766. The highest BCUT2D eigenvalue weighted by molar-refractivity contribution is 6.03. The van der Waals surface area contributed by atoms with Crippen LogP contribution in [-0.2, 0) is 9.53 Å². The molecule has 0 aliphatic heterocycles. The van der Waals surface area contributed by atoms with E-state index >= 15 is 0 Å². The number of fused-ring (bicyclic) bond motifs is 1. The Balaban J connectivity index is 2.38. The van der Waals surface area contributed by atoms with Crippen LogP contribution in [0.4, 0.5) is 0 Å². The summed E-state index contributed by atoms with van der Waals surface area (Å²) in [6.45, 7) is 12.1. The van der Waals surface area contributed by atoms with E-state index in [1.54, 1.807) is 23.9 Å². The lowest BCUT2D eigenvalue weighted by atomic mass is 10.1. The van der Waals surface area contributed by atoms with Crippen molar-refractivity contribution in [2.75, 3.05) is 6.54 Å². The van der Waals surface area contributed by atoms with Gasteiger partial charge in [0.2, 0.25) is 0 Å². The number of ether oxygens (including phenoxy) is 1. The molecule has 0 bridgehead atoms. The van der Waals surface area contributed by atoms with E-state index in [1.165, 1.54) is 0 Å². The third-order valence-electron chi connectivity index (χ3n) is 4.09. The van der Waals surface area contributed by atoms with Crippen LogP contribution < -0.4 is 5.32 Å². The van der Waals surface area contributed by atoms with Gasteiger partial charge < -0.3 is 10.1 Å². The second-order valence-electron chi connectivity index (χ2n) is 7.01. The van der Waals surface area contributed by atoms with Crippen molar-refractivity contribution in [2.24, 2.45) is 0 Å². The van der Waals surface area contributed by atoms with E-state index in [2.05, 4.69) is 15.4 Å². The minimum Gasteiger partial charge on any atom is -0.449 e. The number of esters is 1. The molecule has 7 nitrogen and oxygen atoms in total. The maximum absolute atomic E-state index is 12.7. The number of nitrogens with zero attached hydrogens (tertiary/aromatic N) is 3. The van der Waals surface area contributed by atoms with Crippen molar-refractivity contribution < 1.29 is 14.3 Å². The fourth-order valence-corrected chi connectivity index (χ4v) is 2.55. The Morgan fingerprint density at radius 1 is 1.23 bits per heavy atom. The Hall–Kier alpha value is -2.44. The van der Waals surface area contributed by atoms with Gasteiger partial charge in [0.1, 0.15) is 0 Å². The van der Waals surface area contributed by atoms with E-state index in [0.29, 0.717) is 23.1 Å². The SMILES string of the molecule is CCCNC(=O)[C@H](C)OC(=O)c1cc(C(C)C)nc2c1cnn2C(C)C. The van der Waals surface area contributed by atoms with Crippen molar-refractivity contribution in [3.05, 3.63) is 23.5 Å². The molecule has 0 fully saturated rings. The first kappa shape index (κ1) is 19.9. The molecule has 0 aliphatic rings. The van der Waals surface area contributed by atoms with Crippen LogP contribution in [0.3, 0.4) is 0 Å². The van der Waals surface area contributed by atoms with Crippen molar-refractivity contribution in [3.63, 3.8) is 0 Å². The van der Waals surface area contributed by atoms with Crippen molar-refractivity contribution in [1.29, 1.82) is 0 Å². The number of nitrogens with one attached hydrogen (secondary N) is 1. The summed E-state index contributed by atoms with van der Waals surface area (Å²) in [6.07, 6.45) is 1.59. The van der Waals surface area contributed by atoms with Crippen molar-refractivity contribution in [3.8, 4) is 0 Å². The molecule has 0 aromatic carbocycles. The van der Waals surface area contributed by atoms with Crippen molar-refractivity contribution in [2.45, 2.75) is 66.0 Å². The molecule has 2 aromatic rings. The fraction of sp³-hybridized carbons (Fsp3) is 0.579. The largest absolute Gasteiger partial charge is 0.449 e. The molecule has 142 valence electrons. The molecule has 0 unspecified atom stereocenters. The smallest absolute Gasteiger partial charge is 0.339 e. The number of rotatable bonds is 7. The standard InChI is InChI=1S/C19H28N4O3/c1-7-8-20-18(24)13(6)26-19(25)14-9-16(11(2)3)22-17-15(14)10-21-23(17)12(4)5/h9-13H,7-8H2,1-6H3,(H,20,24)/t13-/m0/s1. The zero-order valence-corrected chi connectivity index (χ0v) is 16.4. The molecule has 1 amide bonds. The first-order valence-corrected chi connectivity index (χ1v) is 9.13. The van der Waals surface area contributed by atoms with E-state index in [4.69, 9.17) is 4.74 Å². The normalized spacial score (nSPS) is 12.6. The molecule has 26 heavy (non-hydrogen) atoms. The number of hydrogen-bond acceptors (Lipinski definition) is 5. The lowest BCUT2D eigenvalue weighted by molar-refractivity contribution is -0.129. The van der Waals surface area contributed by atoms with Crippen LogP contribution >= 0.6 is 0 Å². The molecule has 2 aromatic heterocycles. The third kappa shape index (κ3) is 4.20. The van der Waals surface area contributed by atoms with Gasteiger partial charge in [0, 0.05) is 18.3 Å². The van der Waals surface area contributed by atoms with Gasteiger partial charge in [-0.25, -0.2) is 14.5 Å². The van der Waals surface area contributed by atoms with E-state index in [-0.39, 0.29) is 17.9 Å². The Morgan fingerprint density at radius 2 is 1.92 bits per heavy atom. The average molecular weight is 360 g/mol. The molecule has 0 spiro atoms. The van der Waals surface area contributed by atoms with Gasteiger partial charge in [-0.1, -0.05) is 20.8 Å². The molecule has 0 saturated carbocycles. The zero-order chi connectivity index (χ0) is 19.4. The van der Waals surface area contributed by atoms with Crippen molar-refractivity contribution >= 4 is 22.9 Å². The van der Waals surface area contributed by atoms with Gasteiger partial charge in [0.25, 0.3) is 5.91 Å². The molecule has 1 atom stereocenters. The first-order valence-electron chi connectivity index (χ1n) is 9.13. The van der Waals surface area contributed by atoms with Crippen molar-refractivity contribution in [1.82, 2.24) is 20.1 Å². The van der Waals surface area contributed by atoms with Crippen LogP contribution in [0.25, 0.3) is 11.0 Å². The van der Waals surface area contributed by atoms with Gasteiger partial charge in [0.15, 0.2) is 11.8 Å². The van der Waals surface area contributed by atoms with E-state index in [1.807, 2.05) is 34.6 Å². The lowest BCUT2D eigenvalue weighted by Gasteiger charge is -2.15. The second kappa shape index (κ2) is 8.29. The Kier molecular flexibility index (Phi) is 6.34. The molecule has 0 saturated heterocycles. The summed E-state index contributed by atoms with van der Waals surface area (Å²) < 4.78 is 7.18. The van der Waals surface area contributed by atoms with Crippen LogP contribution in [0.15, 0.2) is 12.3 Å². The number of hydrogen-bond donors (Lipinski definition) is 1. The highest BCUT2D eigenvalue weighted by Crippen LogP contribution is 2.25. The molecule has 0 aliphatic carbocycles. The highest BCUT2D eigenvalue weighted by atomic mass is 16.5. The fourth-order valence-electron chi connectivity index (χ4n) is 2.55. The molecule has 1 N–H and O–H groups in total. The van der Waals surface area contributed by atoms with E-state index in [0.717, 1.165) is 12.1 Å². The number of pyridine rings is 1. The topological polar surface area (TPSA) is 86.1 Å². The zero-order valence-electron chi connectivity index (χ0n) is 16.4. The first-order chi connectivity index (χ1) is 12.3. The van der Waals surface area contributed by atoms with Gasteiger partial charge in [-0.05, 0) is 39.2 Å². The van der Waals surface area contributed by atoms with Gasteiger partial charge in [-0.15, -0.1) is 0 Å². The van der Waals surface area contributed by atoms with E-state index < -0.39 is 12.1 Å². The highest BCUT2D eigenvalue weighted by Gasteiger charge is 2.23. The average Bonchev–Trinajstić information content (AvgIpc) is 3.02. The summed E-state index contributed by atoms with van der Waals surface area (Å²) in [4.78, 5) is 29.4. The predicted molar refractivity (Wildman–Crippen MR) is 100 cm³/mol. The Morgan fingerprint density at radius 3 is 2.50 bits per heavy atom. The second-order valence-corrected chi connectivity index (χ2v) is 7.01. The number of amides is 1. The van der Waals surface area contributed by atoms with Crippen LogP contribution in [0, 0.1) is 0 Å². The maximum Gasteiger partial charge on any atom is 0.339 e.